The van der Waals surface area contributed by atoms with E-state index in [0.29, 0.717) is 24.2 Å². The van der Waals surface area contributed by atoms with E-state index in [1.54, 1.807) is 0 Å². The van der Waals surface area contributed by atoms with Crippen LogP contribution in [0.4, 0.5) is 32.3 Å². The molecule has 2 aromatic heterocycles. The fourth-order valence-corrected chi connectivity index (χ4v) is 3.94. The number of primary amides is 1. The van der Waals surface area contributed by atoms with Crippen LogP contribution in [0.1, 0.15) is 19.3 Å². The Morgan fingerprint density at radius 3 is 2.41 bits per heavy atom. The highest BCUT2D eigenvalue weighted by Crippen LogP contribution is 2.43. The molecule has 1 unspecified atom stereocenters. The molecule has 3 aromatic rings. The summed E-state index contributed by atoms with van der Waals surface area (Å²) in [6, 6.07) is 4.88. The first-order valence-electron chi connectivity index (χ1n) is 11.0. The van der Waals surface area contributed by atoms with Crippen LogP contribution in [0.2, 0.25) is 0 Å². The molecule has 37 heavy (non-hydrogen) atoms. The normalized spacial score (nSPS) is 18.8. The van der Waals surface area contributed by atoms with Gasteiger partial charge in [-0.05, 0) is 49.4 Å². The summed E-state index contributed by atoms with van der Waals surface area (Å²) in [4.78, 5) is 19.9. The molecule has 2 atom stereocenters. The van der Waals surface area contributed by atoms with Crippen LogP contribution in [-0.4, -0.2) is 67.1 Å². The number of benzene rings is 1. The van der Waals surface area contributed by atoms with Gasteiger partial charge in [-0.1, -0.05) is 5.21 Å². The number of fused-ring (bicyclic) bond motifs is 1. The van der Waals surface area contributed by atoms with Gasteiger partial charge in [-0.15, -0.1) is 5.10 Å². The number of hydrogen-bond donors (Lipinski definition) is 3. The minimum atomic E-state index is -5.99. The Balaban J connectivity index is 1.45. The van der Waals surface area contributed by atoms with Crippen molar-refractivity contribution < 1.29 is 41.0 Å². The number of amides is 1. The van der Waals surface area contributed by atoms with Gasteiger partial charge in [0.25, 0.3) is 5.60 Å². The Morgan fingerprint density at radius 2 is 1.81 bits per heavy atom. The average molecular weight is 533 g/mol. The number of aromatic nitrogens is 5. The van der Waals surface area contributed by atoms with E-state index in [4.69, 9.17) is 5.73 Å². The van der Waals surface area contributed by atoms with E-state index >= 15 is 0 Å². The van der Waals surface area contributed by atoms with E-state index in [2.05, 4.69) is 30.3 Å². The van der Waals surface area contributed by atoms with E-state index < -0.39 is 24.6 Å². The van der Waals surface area contributed by atoms with Gasteiger partial charge in [0.05, 0.1) is 11.9 Å². The summed E-state index contributed by atoms with van der Waals surface area (Å²) in [6.45, 7) is -1.56. The Hall–Kier alpha value is -3.69. The minimum absolute atomic E-state index is 0.150. The molecular weight excluding hydrogens is 512 g/mol. The molecule has 2 heterocycles. The third-order valence-corrected chi connectivity index (χ3v) is 6.15. The molecule has 1 amide bonds. The average Bonchev–Trinajstić information content (AvgIpc) is 3.47. The van der Waals surface area contributed by atoms with Gasteiger partial charge in [0.2, 0.25) is 11.9 Å². The third-order valence-electron chi connectivity index (χ3n) is 6.15. The van der Waals surface area contributed by atoms with Crippen LogP contribution in [0.15, 0.2) is 30.5 Å². The van der Waals surface area contributed by atoms with E-state index in [1.165, 1.54) is 23.0 Å². The van der Waals surface area contributed by atoms with Crippen LogP contribution >= 0.6 is 0 Å². The predicted molar refractivity (Wildman–Crippen MR) is 116 cm³/mol. The van der Waals surface area contributed by atoms with Crippen molar-refractivity contribution in [2.45, 2.75) is 37.2 Å². The highest BCUT2D eigenvalue weighted by molar-refractivity contribution is 5.77. The first-order chi connectivity index (χ1) is 17.3. The predicted octanol–water partition coefficient (Wildman–Crippen LogP) is 2.76. The van der Waals surface area contributed by atoms with Crippen molar-refractivity contribution in [2.24, 2.45) is 17.6 Å². The molecule has 1 fully saturated rings. The van der Waals surface area contributed by atoms with Crippen molar-refractivity contribution in [3.63, 3.8) is 0 Å². The molecular formula is C21H21F6N7O3. The van der Waals surface area contributed by atoms with Crippen molar-refractivity contribution in [1.82, 2.24) is 25.0 Å². The molecule has 10 nitrogen and oxygen atoms in total. The van der Waals surface area contributed by atoms with Crippen LogP contribution in [0.5, 0.6) is 5.75 Å². The lowest BCUT2D eigenvalue weighted by Gasteiger charge is -2.31. The van der Waals surface area contributed by atoms with Gasteiger partial charge in [-0.25, -0.2) is 4.98 Å². The van der Waals surface area contributed by atoms with Crippen molar-refractivity contribution in [1.29, 1.82) is 0 Å². The maximum atomic E-state index is 12.8. The monoisotopic (exact) mass is 533 g/mol. The molecule has 0 radical (unpaired) electrons. The number of hydrogen-bond acceptors (Lipinski definition) is 8. The molecule has 200 valence electrons. The smallest absolute Gasteiger partial charge is 0.429 e. The Labute approximate surface area is 204 Å². The summed E-state index contributed by atoms with van der Waals surface area (Å²) in [5.74, 6) is -0.314. The molecule has 1 saturated carbocycles. The summed E-state index contributed by atoms with van der Waals surface area (Å²) in [5, 5.41) is 20.2. The molecule has 16 heteroatoms. The van der Waals surface area contributed by atoms with Crippen molar-refractivity contribution in [3.05, 3.63) is 30.5 Å². The molecule has 1 aliphatic carbocycles. The summed E-state index contributed by atoms with van der Waals surface area (Å²) in [5.41, 5.74) is 1.29. The first-order valence-corrected chi connectivity index (χ1v) is 11.0. The van der Waals surface area contributed by atoms with Crippen LogP contribution in [-0.2, 0) is 4.79 Å². The van der Waals surface area contributed by atoms with Gasteiger partial charge in [-0.2, -0.15) is 36.0 Å². The van der Waals surface area contributed by atoms with Crippen LogP contribution in [0.25, 0.3) is 16.9 Å². The Morgan fingerprint density at radius 1 is 1.14 bits per heavy atom. The largest absolute Gasteiger partial charge is 0.490 e. The topological polar surface area (TPSA) is 141 Å². The summed E-state index contributed by atoms with van der Waals surface area (Å²) in [7, 11) is 0. The molecule has 1 aliphatic rings. The number of carbonyl (C=O) groups excluding carboxylic acids is 1. The van der Waals surface area contributed by atoms with Crippen LogP contribution in [0, 0.1) is 11.8 Å². The molecule has 0 bridgehead atoms. The zero-order chi connectivity index (χ0) is 27.0. The van der Waals surface area contributed by atoms with E-state index in [0.717, 1.165) is 25.0 Å². The number of anilines is 1. The summed E-state index contributed by atoms with van der Waals surface area (Å²) >= 11 is 0. The number of rotatable bonds is 8. The quantitative estimate of drug-likeness (QED) is 0.376. The number of carbonyl (C=O) groups is 1. The van der Waals surface area contributed by atoms with E-state index in [1.807, 2.05) is 0 Å². The van der Waals surface area contributed by atoms with Crippen molar-refractivity contribution in [2.75, 3.05) is 18.5 Å². The van der Waals surface area contributed by atoms with Gasteiger partial charge < -0.3 is 20.9 Å². The Bertz CT molecular complexity index is 1250. The molecule has 0 saturated heterocycles. The summed E-state index contributed by atoms with van der Waals surface area (Å²) in [6.07, 6.45) is -8.32. The number of nitrogens with zero attached hydrogens (tertiary/aromatic N) is 5. The van der Waals surface area contributed by atoms with Gasteiger partial charge in [0, 0.05) is 12.5 Å². The molecule has 0 spiro atoms. The number of nitrogens with one attached hydrogen (secondary N) is 1. The van der Waals surface area contributed by atoms with Crippen molar-refractivity contribution in [3.8, 4) is 11.4 Å². The second kappa shape index (κ2) is 9.64. The highest BCUT2D eigenvalue weighted by atomic mass is 19.4. The van der Waals surface area contributed by atoms with Gasteiger partial charge in [0.1, 0.15) is 12.4 Å². The third kappa shape index (κ3) is 5.38. The van der Waals surface area contributed by atoms with E-state index in [9.17, 15) is 36.2 Å². The zero-order valence-corrected chi connectivity index (χ0v) is 18.9. The fraction of sp³-hybridized carbons (Fsp3) is 0.476. The van der Waals surface area contributed by atoms with Gasteiger partial charge in [0.15, 0.2) is 11.2 Å². The zero-order valence-electron chi connectivity index (χ0n) is 18.9. The summed E-state index contributed by atoms with van der Waals surface area (Å²) < 4.78 is 82.8. The molecule has 0 aliphatic heterocycles. The minimum Gasteiger partial charge on any atom is -0.490 e. The maximum absolute atomic E-state index is 12.8. The van der Waals surface area contributed by atoms with Crippen LogP contribution < -0.4 is 15.8 Å². The second-order valence-corrected chi connectivity index (χ2v) is 8.70. The number of nitrogens with two attached hydrogens (primary N) is 1. The molecule has 4 rings (SSSR count). The number of halogens is 6. The number of ether oxygens (including phenoxy) is 1. The maximum Gasteiger partial charge on any atom is 0.429 e. The van der Waals surface area contributed by atoms with E-state index in [-0.39, 0.29) is 35.1 Å². The fourth-order valence-electron chi connectivity index (χ4n) is 3.94. The standard InChI is InChI=1S/C21H21F6N7O3/c22-20(23,24)19(36,21(25,26)27)10-37-14-5-3-13(4-6-14)34-17-15(32-33-34)9-30-18(31-17)29-8-11-1-2-12(7-11)16(28)35/h3-6,9,11-12,36H,1-2,7-8,10H2,(H2,28,35)(H,29,30,31)/t11?,12-/m1/s1. The lowest BCUT2D eigenvalue weighted by atomic mass is 10.0. The molecule has 1 aromatic carbocycles. The lowest BCUT2D eigenvalue weighted by Crippen LogP contribution is -2.60. The lowest BCUT2D eigenvalue weighted by molar-refractivity contribution is -0.373. The SMILES string of the molecule is NC(=O)[C@@H]1CCC(CNc2ncc3nnn(-c4ccc(OCC(O)(C(F)(F)F)C(F)(F)F)cc4)c3n2)C1. The molecule has 4 N–H and O–H groups in total. The highest BCUT2D eigenvalue weighted by Gasteiger charge is 2.71. The van der Waals surface area contributed by atoms with Crippen molar-refractivity contribution >= 4 is 23.0 Å². The van der Waals surface area contributed by atoms with Gasteiger partial charge >= 0.3 is 12.4 Å². The number of aliphatic hydroxyl groups is 1. The second-order valence-electron chi connectivity index (χ2n) is 8.70. The number of alkyl halides is 6. The van der Waals surface area contributed by atoms with Crippen LogP contribution in [0.3, 0.4) is 0 Å². The van der Waals surface area contributed by atoms with Gasteiger partial charge in [-0.3, -0.25) is 4.79 Å². The first kappa shape index (κ1) is 26.4. The Kier molecular flexibility index (Phi) is 6.87.